The van der Waals surface area contributed by atoms with Crippen LogP contribution in [0.3, 0.4) is 0 Å². The summed E-state index contributed by atoms with van der Waals surface area (Å²) < 4.78 is 37.9. The van der Waals surface area contributed by atoms with Crippen molar-refractivity contribution in [2.75, 3.05) is 25.0 Å². The molecule has 2 heterocycles. The summed E-state index contributed by atoms with van der Waals surface area (Å²) >= 11 is 4.88. The molecule has 0 saturated carbocycles. The van der Waals surface area contributed by atoms with Gasteiger partial charge < -0.3 is 15.2 Å². The molecular formula is C18H19BrF3N3O4S. The van der Waals surface area contributed by atoms with Crippen molar-refractivity contribution in [3.05, 3.63) is 34.2 Å². The second-order valence-electron chi connectivity index (χ2n) is 6.24. The number of hydrogen-bond donors (Lipinski definition) is 3. The number of aromatic nitrogens is 1. The highest BCUT2D eigenvalue weighted by molar-refractivity contribution is 9.10. The van der Waals surface area contributed by atoms with Gasteiger partial charge in [0, 0.05) is 10.9 Å². The fraction of sp³-hybridized carbons (Fsp3) is 0.389. The summed E-state index contributed by atoms with van der Waals surface area (Å²) in [5.74, 6) is -2.31. The molecule has 12 heteroatoms. The summed E-state index contributed by atoms with van der Waals surface area (Å²) in [5, 5.41) is 16.0. The maximum Gasteiger partial charge on any atom is 0.490 e. The predicted octanol–water partition coefficient (Wildman–Crippen LogP) is 4.75. The molecule has 3 rings (SSSR count). The number of halogens is 4. The number of carboxylic acid groups (broad SMARTS) is 1. The van der Waals surface area contributed by atoms with Crippen LogP contribution in [0.15, 0.2) is 34.2 Å². The zero-order valence-corrected chi connectivity index (χ0v) is 17.9. The van der Waals surface area contributed by atoms with Gasteiger partial charge in [0.05, 0.1) is 12.3 Å². The van der Waals surface area contributed by atoms with Gasteiger partial charge in [0.2, 0.25) is 0 Å². The number of amides is 1. The number of aliphatic carboxylic acids is 1. The summed E-state index contributed by atoms with van der Waals surface area (Å²) in [6.07, 6.45) is -3.39. The highest BCUT2D eigenvalue weighted by Gasteiger charge is 2.38. The number of benzene rings is 1. The van der Waals surface area contributed by atoms with Crippen molar-refractivity contribution in [2.24, 2.45) is 5.92 Å². The Morgan fingerprint density at radius 1 is 1.30 bits per heavy atom. The maximum atomic E-state index is 12.1. The molecule has 7 nitrogen and oxygen atoms in total. The second kappa shape index (κ2) is 11.3. The number of nitrogens with one attached hydrogen (secondary N) is 2. The van der Waals surface area contributed by atoms with Crippen LogP contribution >= 0.6 is 27.3 Å². The molecule has 0 atom stereocenters. The number of para-hydroxylation sites is 1. The maximum absolute atomic E-state index is 12.1. The molecule has 164 valence electrons. The first-order valence-corrected chi connectivity index (χ1v) is 10.5. The summed E-state index contributed by atoms with van der Waals surface area (Å²) in [7, 11) is 0. The van der Waals surface area contributed by atoms with Gasteiger partial charge in [-0.1, -0.05) is 12.1 Å². The average molecular weight is 510 g/mol. The van der Waals surface area contributed by atoms with Gasteiger partial charge in [0.25, 0.3) is 0 Å². The van der Waals surface area contributed by atoms with Crippen molar-refractivity contribution in [1.82, 2.24) is 10.3 Å². The van der Waals surface area contributed by atoms with Crippen LogP contribution in [0.1, 0.15) is 12.8 Å². The summed E-state index contributed by atoms with van der Waals surface area (Å²) in [6.45, 7) is 2.47. The number of carbonyl (C=O) groups is 2. The van der Waals surface area contributed by atoms with Crippen molar-refractivity contribution < 1.29 is 32.6 Å². The van der Waals surface area contributed by atoms with Crippen LogP contribution in [-0.2, 0) is 9.53 Å². The minimum atomic E-state index is -5.08. The number of rotatable bonds is 4. The van der Waals surface area contributed by atoms with E-state index in [0.29, 0.717) is 18.2 Å². The molecule has 0 unspecified atom stereocenters. The Bertz CT molecular complexity index is 857. The van der Waals surface area contributed by atoms with Gasteiger partial charge in [-0.05, 0) is 59.9 Å². The van der Waals surface area contributed by atoms with E-state index in [1.54, 1.807) is 0 Å². The van der Waals surface area contributed by atoms with E-state index in [2.05, 4.69) is 31.5 Å². The van der Waals surface area contributed by atoms with Gasteiger partial charge in [-0.15, -0.1) is 11.3 Å². The molecule has 1 saturated heterocycles. The van der Waals surface area contributed by atoms with Crippen LogP contribution in [-0.4, -0.2) is 48.0 Å². The first-order valence-electron chi connectivity index (χ1n) is 8.82. The molecule has 1 aliphatic heterocycles. The molecular weight excluding hydrogens is 491 g/mol. The fourth-order valence-corrected chi connectivity index (χ4v) is 3.84. The smallest absolute Gasteiger partial charge is 0.475 e. The number of piperidine rings is 1. The molecule has 1 aliphatic rings. The molecule has 30 heavy (non-hydrogen) atoms. The SMILES string of the molecule is O=C(Nc1ccccc1-c1nc(Br)cs1)OCC1CCNCC1.O=C(O)C(F)(F)F. The number of alkyl halides is 3. The molecule has 1 fully saturated rings. The zero-order chi connectivity index (χ0) is 22.1. The average Bonchev–Trinajstić information content (AvgIpc) is 3.13. The molecule has 0 spiro atoms. The summed E-state index contributed by atoms with van der Waals surface area (Å²) in [5.41, 5.74) is 1.60. The number of hydrogen-bond acceptors (Lipinski definition) is 6. The normalized spacial score (nSPS) is 14.4. The number of carboxylic acids is 1. The number of thiazole rings is 1. The van der Waals surface area contributed by atoms with E-state index in [0.717, 1.165) is 41.1 Å². The molecule has 1 aromatic heterocycles. The first-order chi connectivity index (χ1) is 14.2. The van der Waals surface area contributed by atoms with E-state index >= 15 is 0 Å². The van der Waals surface area contributed by atoms with E-state index in [9.17, 15) is 18.0 Å². The lowest BCUT2D eigenvalue weighted by Crippen LogP contribution is -2.31. The Morgan fingerprint density at radius 2 is 1.93 bits per heavy atom. The van der Waals surface area contributed by atoms with E-state index in [4.69, 9.17) is 14.6 Å². The summed E-state index contributed by atoms with van der Waals surface area (Å²) in [4.78, 5) is 25.4. The van der Waals surface area contributed by atoms with Gasteiger partial charge in [-0.3, -0.25) is 5.32 Å². The minimum absolute atomic E-state index is 0.411. The van der Waals surface area contributed by atoms with Gasteiger partial charge >= 0.3 is 18.2 Å². The van der Waals surface area contributed by atoms with Crippen LogP contribution in [0.4, 0.5) is 23.7 Å². The second-order valence-corrected chi connectivity index (χ2v) is 7.91. The first kappa shape index (κ1) is 24.1. The Morgan fingerprint density at radius 3 is 2.50 bits per heavy atom. The van der Waals surface area contributed by atoms with Crippen LogP contribution in [0.5, 0.6) is 0 Å². The Labute approximate surface area is 182 Å². The van der Waals surface area contributed by atoms with Crippen LogP contribution < -0.4 is 10.6 Å². The van der Waals surface area contributed by atoms with Crippen molar-refractivity contribution in [1.29, 1.82) is 0 Å². The lowest BCUT2D eigenvalue weighted by Gasteiger charge is -2.22. The summed E-state index contributed by atoms with van der Waals surface area (Å²) in [6, 6.07) is 7.61. The quantitative estimate of drug-likeness (QED) is 0.549. The fourth-order valence-electron chi connectivity index (χ4n) is 2.54. The standard InChI is InChI=1S/C16H18BrN3O2S.C2HF3O2/c17-14-10-23-15(20-14)12-3-1-2-4-13(12)19-16(21)22-9-11-5-7-18-8-6-11;3-2(4,5)1(6)7/h1-4,10-11,18H,5-9H2,(H,19,21);(H,6,7). The molecule has 0 radical (unpaired) electrons. The number of carbonyl (C=O) groups excluding carboxylic acids is 1. The lowest BCUT2D eigenvalue weighted by atomic mass is 9.99. The van der Waals surface area contributed by atoms with Gasteiger partial charge in [0.1, 0.15) is 9.61 Å². The van der Waals surface area contributed by atoms with E-state index in [1.165, 1.54) is 11.3 Å². The predicted molar refractivity (Wildman–Crippen MR) is 110 cm³/mol. The molecule has 1 aromatic carbocycles. The molecule has 3 N–H and O–H groups in total. The van der Waals surface area contributed by atoms with Crippen LogP contribution in [0, 0.1) is 5.92 Å². The van der Waals surface area contributed by atoms with Crippen LogP contribution in [0.2, 0.25) is 0 Å². The number of nitrogens with zero attached hydrogens (tertiary/aromatic N) is 1. The molecule has 0 bridgehead atoms. The van der Waals surface area contributed by atoms with Crippen LogP contribution in [0.25, 0.3) is 10.6 Å². The third-order valence-corrected chi connectivity index (χ3v) is 5.61. The Balaban J connectivity index is 0.000000396. The lowest BCUT2D eigenvalue weighted by molar-refractivity contribution is -0.192. The highest BCUT2D eigenvalue weighted by Crippen LogP contribution is 2.31. The van der Waals surface area contributed by atoms with Crippen molar-refractivity contribution >= 4 is 45.0 Å². The van der Waals surface area contributed by atoms with Gasteiger partial charge in [0.15, 0.2) is 0 Å². The number of ether oxygens (including phenoxy) is 1. The Hall–Kier alpha value is -2.18. The monoisotopic (exact) mass is 509 g/mol. The Kier molecular flexibility index (Phi) is 9.06. The third-order valence-electron chi connectivity index (χ3n) is 4.02. The minimum Gasteiger partial charge on any atom is -0.475 e. The molecule has 1 amide bonds. The van der Waals surface area contributed by atoms with Gasteiger partial charge in [-0.25, -0.2) is 14.6 Å². The third kappa shape index (κ3) is 7.92. The van der Waals surface area contributed by atoms with Gasteiger partial charge in [-0.2, -0.15) is 13.2 Å². The van der Waals surface area contributed by atoms with Crippen molar-refractivity contribution in [3.8, 4) is 10.6 Å². The van der Waals surface area contributed by atoms with E-state index < -0.39 is 18.2 Å². The van der Waals surface area contributed by atoms with E-state index in [-0.39, 0.29) is 0 Å². The van der Waals surface area contributed by atoms with Crippen molar-refractivity contribution in [3.63, 3.8) is 0 Å². The largest absolute Gasteiger partial charge is 0.490 e. The van der Waals surface area contributed by atoms with Crippen molar-refractivity contribution in [2.45, 2.75) is 19.0 Å². The number of anilines is 1. The molecule has 2 aromatic rings. The zero-order valence-electron chi connectivity index (χ0n) is 15.5. The molecule has 0 aliphatic carbocycles. The topological polar surface area (TPSA) is 101 Å². The highest BCUT2D eigenvalue weighted by atomic mass is 79.9. The van der Waals surface area contributed by atoms with E-state index in [1.807, 2.05) is 29.6 Å².